The topological polar surface area (TPSA) is 243 Å². The molecule has 0 bridgehead atoms. The number of halogens is 1. The van der Waals surface area contributed by atoms with Crippen LogP contribution in [-0.2, 0) is 45.7 Å². The first-order valence-electron chi connectivity index (χ1n) is 22.5. The maximum absolute atomic E-state index is 13.8. The Kier molecular flexibility index (Phi) is 18.9. The first-order chi connectivity index (χ1) is 34.0. The van der Waals surface area contributed by atoms with E-state index in [0.29, 0.717) is 59.5 Å². The molecule has 0 spiro atoms. The highest BCUT2D eigenvalue weighted by molar-refractivity contribution is 7.16. The Labute approximate surface area is 425 Å². The Morgan fingerprint density at radius 2 is 1.21 bits per heavy atom. The fourth-order valence-corrected chi connectivity index (χ4v) is 10.7. The minimum atomic E-state index is -2.02. The van der Waals surface area contributed by atoms with Crippen molar-refractivity contribution in [2.45, 2.75) is 94.8 Å². The average Bonchev–Trinajstić information content (AvgIpc) is 4.21. The average molecular weight is 1040 g/mol. The van der Waals surface area contributed by atoms with E-state index in [1.165, 1.54) is 52.3 Å². The molecule has 22 heteroatoms. The highest BCUT2D eigenvalue weighted by atomic mass is 35.5. The van der Waals surface area contributed by atoms with Crippen molar-refractivity contribution >= 4 is 102 Å². The van der Waals surface area contributed by atoms with Crippen molar-refractivity contribution in [1.29, 1.82) is 0 Å². The van der Waals surface area contributed by atoms with Crippen molar-refractivity contribution in [1.82, 2.24) is 40.8 Å². The third kappa shape index (κ3) is 14.7. The van der Waals surface area contributed by atoms with Gasteiger partial charge in [0.25, 0.3) is 5.91 Å². The van der Waals surface area contributed by atoms with Gasteiger partial charge < -0.3 is 20.8 Å². The normalized spacial score (nSPS) is 13.5. The Balaban J connectivity index is 0.882. The number of benzene rings is 3. The molecule has 0 aliphatic rings. The minimum Gasteiger partial charge on any atom is -0.375 e. The largest absolute Gasteiger partial charge is 0.375 e. The number of allylic oxidation sites excluding steroid dienone is 2. The SMILES string of the molecule is C=CCC(c1ccccc1)C(O)Nc1nnc(CCCCc2nnc(NC(=O)C(C/C=C\c3ccc(Cl)c([C@](C)(O)C(=O)Nc4nnc(CCCCc5nnc(NC=O)s5)s4)c3)c3ccccc3)s2)s1. The number of nitrogens with zero attached hydrogens (tertiary/aromatic N) is 8. The molecule has 4 aromatic heterocycles. The summed E-state index contributed by atoms with van der Waals surface area (Å²) in [4.78, 5) is 37.9. The number of unbranched alkanes of at least 4 members (excludes halogenated alkanes) is 2. The van der Waals surface area contributed by atoms with Crippen LogP contribution < -0.4 is 21.3 Å². The van der Waals surface area contributed by atoms with Crippen LogP contribution in [0.1, 0.15) is 99.6 Å². The molecule has 3 aromatic carbocycles. The molecule has 17 nitrogen and oxygen atoms in total. The third-order valence-corrected chi connectivity index (χ3v) is 15.0. The second-order valence-electron chi connectivity index (χ2n) is 16.2. The third-order valence-electron chi connectivity index (χ3n) is 11.0. The molecule has 4 heterocycles. The van der Waals surface area contributed by atoms with Gasteiger partial charge in [-0.3, -0.25) is 25.0 Å². The number of amides is 3. The second kappa shape index (κ2) is 25.6. The summed E-state index contributed by atoms with van der Waals surface area (Å²) >= 11 is 11.9. The molecule has 3 amide bonds. The summed E-state index contributed by atoms with van der Waals surface area (Å²) < 4.78 is 0. The second-order valence-corrected chi connectivity index (χ2v) is 20.8. The van der Waals surface area contributed by atoms with Gasteiger partial charge in [-0.15, -0.1) is 47.4 Å². The Morgan fingerprint density at radius 3 is 1.79 bits per heavy atom. The smallest absolute Gasteiger partial charge is 0.262 e. The van der Waals surface area contributed by atoms with Gasteiger partial charge >= 0.3 is 0 Å². The number of carbonyl (C=O) groups excluding carboxylic acids is 3. The summed E-state index contributed by atoms with van der Waals surface area (Å²) in [5.41, 5.74) is 0.665. The van der Waals surface area contributed by atoms with Crippen molar-refractivity contribution in [3.8, 4) is 0 Å². The number of aromatic nitrogens is 8. The first kappa shape index (κ1) is 51.6. The zero-order chi connectivity index (χ0) is 49.3. The highest BCUT2D eigenvalue weighted by Gasteiger charge is 2.35. The van der Waals surface area contributed by atoms with Crippen LogP contribution in [0.15, 0.2) is 97.6 Å². The summed E-state index contributed by atoms with van der Waals surface area (Å²) in [5.74, 6) is -1.69. The van der Waals surface area contributed by atoms with Gasteiger partial charge in [0.2, 0.25) is 32.8 Å². The predicted molar refractivity (Wildman–Crippen MR) is 277 cm³/mol. The lowest BCUT2D eigenvalue weighted by molar-refractivity contribution is -0.133. The van der Waals surface area contributed by atoms with Crippen LogP contribution in [0.4, 0.5) is 20.5 Å². The van der Waals surface area contributed by atoms with E-state index in [9.17, 15) is 24.6 Å². The molecule has 3 unspecified atom stereocenters. The fraction of sp³-hybridized carbons (Fsp3) is 0.312. The van der Waals surface area contributed by atoms with Crippen molar-refractivity contribution in [3.63, 3.8) is 0 Å². The number of aliphatic hydroxyl groups is 2. The van der Waals surface area contributed by atoms with Gasteiger partial charge in [-0.25, -0.2) is 0 Å². The molecule has 0 radical (unpaired) electrons. The summed E-state index contributed by atoms with van der Waals surface area (Å²) in [7, 11) is 0. The van der Waals surface area contributed by atoms with E-state index in [1.54, 1.807) is 24.3 Å². The van der Waals surface area contributed by atoms with Gasteiger partial charge in [-0.1, -0.05) is 142 Å². The van der Waals surface area contributed by atoms with Gasteiger partial charge in [-0.2, -0.15) is 0 Å². The van der Waals surface area contributed by atoms with Crippen molar-refractivity contribution in [2.75, 3.05) is 21.3 Å². The maximum atomic E-state index is 13.8. The van der Waals surface area contributed by atoms with Crippen LogP contribution in [0, 0.1) is 0 Å². The molecule has 0 saturated heterocycles. The highest BCUT2D eigenvalue weighted by Crippen LogP contribution is 2.33. The number of aryl methyl sites for hydroxylation is 4. The molecular weight excluding hydrogens is 988 g/mol. The van der Waals surface area contributed by atoms with E-state index >= 15 is 0 Å². The molecule has 0 aliphatic heterocycles. The lowest BCUT2D eigenvalue weighted by atomic mass is 9.92. The van der Waals surface area contributed by atoms with E-state index in [2.05, 4.69) is 68.6 Å². The van der Waals surface area contributed by atoms with E-state index in [1.807, 2.05) is 72.8 Å². The van der Waals surface area contributed by atoms with Crippen LogP contribution in [-0.4, -0.2) is 75.5 Å². The summed E-state index contributed by atoms with van der Waals surface area (Å²) in [6.45, 7) is 5.22. The number of anilines is 4. The zero-order valence-corrected chi connectivity index (χ0v) is 42.1. The molecular formula is C48H51ClN12O5S4. The lowest BCUT2D eigenvalue weighted by Gasteiger charge is -2.23. The molecule has 0 saturated carbocycles. The summed E-state index contributed by atoms with van der Waals surface area (Å²) in [5, 5.41) is 72.3. The summed E-state index contributed by atoms with van der Waals surface area (Å²) in [6.07, 6.45) is 12.2. The van der Waals surface area contributed by atoms with Crippen molar-refractivity contribution < 1.29 is 24.6 Å². The zero-order valence-electron chi connectivity index (χ0n) is 38.0. The molecule has 70 heavy (non-hydrogen) atoms. The van der Waals surface area contributed by atoms with Crippen molar-refractivity contribution in [2.24, 2.45) is 0 Å². The standard InChI is InChI=1S/C48H51ClN12O5S4/c1-3-15-33(31-17-6-4-7-18-31)41(63)51-45-59-55-38(68-45)23-12-13-24-39-56-60-46(69-39)52-42(64)34(32-19-8-5-9-20-32)21-14-16-30-26-27-36(49)35(28-30)48(2,66)43(65)53-47-61-57-40(70-47)25-11-10-22-37-54-58-44(67-37)50-29-62/h3-9,14,16-20,26-29,33-34,41,63,66H,1,10-13,15,21-25H2,2H3,(H,51,59)(H,50,58,62)(H,52,60,64)(H,53,61,65)/b16-14-/t33?,34?,41?,48-/m0/s1. The summed E-state index contributed by atoms with van der Waals surface area (Å²) in [6, 6.07) is 24.3. The van der Waals surface area contributed by atoms with E-state index < -0.39 is 23.7 Å². The van der Waals surface area contributed by atoms with Gasteiger partial charge in [0.05, 0.1) is 5.92 Å². The first-order valence-corrected chi connectivity index (χ1v) is 26.1. The van der Waals surface area contributed by atoms with Crippen LogP contribution >= 0.6 is 56.9 Å². The molecule has 0 fully saturated rings. The van der Waals surface area contributed by atoms with Gasteiger partial charge in [0.1, 0.15) is 26.3 Å². The Morgan fingerprint density at radius 1 is 0.700 bits per heavy atom. The van der Waals surface area contributed by atoms with E-state index in [-0.39, 0.29) is 27.5 Å². The Bertz CT molecular complexity index is 2840. The number of hydrogen-bond acceptors (Lipinski definition) is 18. The molecule has 6 N–H and O–H groups in total. The number of rotatable bonds is 27. The number of carbonyl (C=O) groups is 3. The minimum absolute atomic E-state index is 0.171. The van der Waals surface area contributed by atoms with Gasteiger partial charge in [0, 0.05) is 42.2 Å². The quantitative estimate of drug-likeness (QED) is 0.0122. The Hall–Kier alpha value is -6.20. The number of nitrogens with one attached hydrogen (secondary N) is 4. The van der Waals surface area contributed by atoms with Crippen LogP contribution in [0.5, 0.6) is 0 Å². The fourth-order valence-electron chi connectivity index (χ4n) is 7.32. The predicted octanol–water partition coefficient (Wildman–Crippen LogP) is 9.21. The van der Waals surface area contributed by atoms with Gasteiger partial charge in [0.15, 0.2) is 5.60 Å². The molecule has 364 valence electrons. The molecule has 7 rings (SSSR count). The van der Waals surface area contributed by atoms with E-state index in [0.717, 1.165) is 63.3 Å². The van der Waals surface area contributed by atoms with E-state index in [4.69, 9.17) is 11.6 Å². The van der Waals surface area contributed by atoms with Crippen LogP contribution in [0.25, 0.3) is 6.08 Å². The molecule has 7 aromatic rings. The van der Waals surface area contributed by atoms with Gasteiger partial charge in [-0.05, 0) is 74.3 Å². The van der Waals surface area contributed by atoms with Crippen LogP contribution in [0.3, 0.4) is 0 Å². The van der Waals surface area contributed by atoms with Crippen LogP contribution in [0.2, 0.25) is 5.02 Å². The monoisotopic (exact) mass is 1040 g/mol. The number of aliphatic hydroxyl groups excluding tert-OH is 1. The van der Waals surface area contributed by atoms with Crippen molar-refractivity contribution in [3.05, 3.63) is 145 Å². The molecule has 0 aliphatic carbocycles. The number of hydrogen-bond donors (Lipinski definition) is 6. The molecule has 4 atom stereocenters. The lowest BCUT2D eigenvalue weighted by Crippen LogP contribution is -2.37. The maximum Gasteiger partial charge on any atom is 0.262 e.